The predicted molar refractivity (Wildman–Crippen MR) is 68.1 cm³/mol. The fourth-order valence-corrected chi connectivity index (χ4v) is 1.22. The Kier molecular flexibility index (Phi) is 6.75. The molecule has 3 N–H and O–H groups in total. The van der Waals surface area contributed by atoms with E-state index in [0.717, 1.165) is 6.42 Å². The number of aromatic nitrogens is 1. The van der Waals surface area contributed by atoms with Crippen molar-refractivity contribution in [2.24, 2.45) is 5.73 Å². The van der Waals surface area contributed by atoms with Gasteiger partial charge in [-0.3, -0.25) is 5.41 Å². The molecule has 1 heterocycles. The molecule has 0 aromatic carbocycles. The van der Waals surface area contributed by atoms with E-state index in [-0.39, 0.29) is 5.84 Å². The molecule has 0 aliphatic heterocycles. The molecule has 1 aromatic heterocycles. The van der Waals surface area contributed by atoms with Crippen molar-refractivity contribution >= 4 is 5.84 Å². The van der Waals surface area contributed by atoms with E-state index >= 15 is 0 Å². The largest absolute Gasteiger partial charge is 0.492 e. The fourth-order valence-electron chi connectivity index (χ4n) is 1.22. The van der Waals surface area contributed by atoms with Gasteiger partial charge in [0.2, 0.25) is 0 Å². The number of ether oxygens (including phenoxy) is 3. The lowest BCUT2D eigenvalue weighted by molar-refractivity contribution is 0.0644. The molecule has 0 amide bonds. The molecule has 6 heteroatoms. The fraction of sp³-hybridized carbons (Fsp3) is 0.500. The first kappa shape index (κ1) is 14.4. The van der Waals surface area contributed by atoms with Crippen LogP contribution in [-0.2, 0) is 9.47 Å². The molecule has 0 aliphatic carbocycles. The molecule has 0 unspecified atom stereocenters. The first-order chi connectivity index (χ1) is 8.74. The number of nitrogens with zero attached hydrogens (tertiary/aromatic N) is 1. The van der Waals surface area contributed by atoms with Crippen LogP contribution < -0.4 is 10.5 Å². The van der Waals surface area contributed by atoms with Gasteiger partial charge in [0.05, 0.1) is 26.0 Å². The predicted octanol–water partition coefficient (Wildman–Crippen LogP) is 0.798. The SMILES string of the molecule is COCCOCCCOc1ccc(C(=N)N)nc1. The first-order valence-corrected chi connectivity index (χ1v) is 5.74. The molecule has 0 aliphatic rings. The monoisotopic (exact) mass is 253 g/mol. The van der Waals surface area contributed by atoms with Gasteiger partial charge < -0.3 is 19.9 Å². The highest BCUT2D eigenvalue weighted by Crippen LogP contribution is 2.08. The van der Waals surface area contributed by atoms with Crippen molar-refractivity contribution in [2.75, 3.05) is 33.5 Å². The Morgan fingerprint density at radius 2 is 2.11 bits per heavy atom. The van der Waals surface area contributed by atoms with E-state index in [1.165, 1.54) is 0 Å². The van der Waals surface area contributed by atoms with E-state index < -0.39 is 0 Å². The maximum absolute atomic E-state index is 7.20. The second-order valence-corrected chi connectivity index (χ2v) is 3.60. The number of hydrogen-bond donors (Lipinski definition) is 2. The number of nitrogens with two attached hydrogens (primary N) is 1. The van der Waals surface area contributed by atoms with Gasteiger partial charge in [0.25, 0.3) is 0 Å². The van der Waals surface area contributed by atoms with E-state index in [0.29, 0.717) is 37.9 Å². The summed E-state index contributed by atoms with van der Waals surface area (Å²) in [6.07, 6.45) is 2.36. The summed E-state index contributed by atoms with van der Waals surface area (Å²) in [6.45, 7) is 2.42. The van der Waals surface area contributed by atoms with Crippen molar-refractivity contribution in [1.82, 2.24) is 4.98 Å². The lowest BCUT2D eigenvalue weighted by Crippen LogP contribution is -2.13. The van der Waals surface area contributed by atoms with Crippen LogP contribution in [0, 0.1) is 5.41 Å². The minimum atomic E-state index is -0.0481. The highest BCUT2D eigenvalue weighted by molar-refractivity contribution is 5.92. The number of rotatable bonds is 9. The van der Waals surface area contributed by atoms with Gasteiger partial charge in [-0.1, -0.05) is 0 Å². The Bertz CT molecular complexity index is 354. The van der Waals surface area contributed by atoms with Crippen LogP contribution in [0.25, 0.3) is 0 Å². The van der Waals surface area contributed by atoms with Gasteiger partial charge in [0, 0.05) is 20.1 Å². The Labute approximate surface area is 107 Å². The quantitative estimate of drug-likeness (QED) is 0.386. The van der Waals surface area contributed by atoms with Gasteiger partial charge in [-0.05, 0) is 12.1 Å². The maximum Gasteiger partial charge on any atom is 0.141 e. The molecule has 0 saturated carbocycles. The normalized spacial score (nSPS) is 10.3. The number of nitrogen functional groups attached to an aromatic ring is 1. The molecule has 0 saturated heterocycles. The number of nitrogens with one attached hydrogen (secondary N) is 1. The highest BCUT2D eigenvalue weighted by atomic mass is 16.5. The number of methoxy groups -OCH3 is 1. The molecule has 0 bridgehead atoms. The van der Waals surface area contributed by atoms with Crippen LogP contribution in [0.1, 0.15) is 12.1 Å². The van der Waals surface area contributed by atoms with E-state index in [9.17, 15) is 0 Å². The summed E-state index contributed by atoms with van der Waals surface area (Å²) >= 11 is 0. The Hall–Kier alpha value is -1.66. The van der Waals surface area contributed by atoms with Crippen molar-refractivity contribution in [3.63, 3.8) is 0 Å². The Morgan fingerprint density at radius 3 is 2.72 bits per heavy atom. The van der Waals surface area contributed by atoms with Crippen LogP contribution in [0.4, 0.5) is 0 Å². The third kappa shape index (κ3) is 5.60. The summed E-state index contributed by atoms with van der Waals surface area (Å²) in [7, 11) is 1.64. The zero-order valence-corrected chi connectivity index (χ0v) is 10.5. The number of pyridine rings is 1. The molecule has 0 atom stereocenters. The second kappa shape index (κ2) is 8.43. The third-order valence-electron chi connectivity index (χ3n) is 2.15. The Morgan fingerprint density at radius 1 is 1.28 bits per heavy atom. The summed E-state index contributed by atoms with van der Waals surface area (Å²) < 4.78 is 15.6. The molecule has 1 rings (SSSR count). The van der Waals surface area contributed by atoms with E-state index in [4.69, 9.17) is 25.4 Å². The molecule has 6 nitrogen and oxygen atoms in total. The smallest absolute Gasteiger partial charge is 0.141 e. The van der Waals surface area contributed by atoms with Crippen LogP contribution in [0.2, 0.25) is 0 Å². The first-order valence-electron chi connectivity index (χ1n) is 5.74. The van der Waals surface area contributed by atoms with Gasteiger partial charge in [-0.25, -0.2) is 4.98 Å². The van der Waals surface area contributed by atoms with Gasteiger partial charge in [0.15, 0.2) is 0 Å². The van der Waals surface area contributed by atoms with Crippen molar-refractivity contribution in [3.8, 4) is 5.75 Å². The van der Waals surface area contributed by atoms with Crippen LogP contribution in [0.15, 0.2) is 18.3 Å². The lowest BCUT2D eigenvalue weighted by atomic mass is 10.3. The number of hydrogen-bond acceptors (Lipinski definition) is 5. The Balaban J connectivity index is 2.14. The van der Waals surface area contributed by atoms with E-state index in [2.05, 4.69) is 4.98 Å². The summed E-state index contributed by atoms with van der Waals surface area (Å²) in [4.78, 5) is 4.00. The minimum Gasteiger partial charge on any atom is -0.492 e. The van der Waals surface area contributed by atoms with Crippen molar-refractivity contribution in [2.45, 2.75) is 6.42 Å². The van der Waals surface area contributed by atoms with Crippen molar-refractivity contribution in [1.29, 1.82) is 5.41 Å². The second-order valence-electron chi connectivity index (χ2n) is 3.60. The zero-order chi connectivity index (χ0) is 13.2. The van der Waals surface area contributed by atoms with Crippen LogP contribution in [0.3, 0.4) is 0 Å². The molecule has 0 spiro atoms. The highest BCUT2D eigenvalue weighted by Gasteiger charge is 1.99. The van der Waals surface area contributed by atoms with Crippen LogP contribution in [-0.4, -0.2) is 44.4 Å². The molecule has 1 aromatic rings. The zero-order valence-electron chi connectivity index (χ0n) is 10.5. The summed E-state index contributed by atoms with van der Waals surface area (Å²) in [5.41, 5.74) is 5.75. The van der Waals surface area contributed by atoms with E-state index in [1.54, 1.807) is 25.4 Å². The average Bonchev–Trinajstić information content (AvgIpc) is 2.38. The molecular formula is C12H19N3O3. The van der Waals surface area contributed by atoms with Crippen LogP contribution >= 0.6 is 0 Å². The topological polar surface area (TPSA) is 90.5 Å². The molecule has 0 fully saturated rings. The summed E-state index contributed by atoms with van der Waals surface area (Å²) in [6, 6.07) is 3.41. The van der Waals surface area contributed by atoms with Crippen molar-refractivity contribution < 1.29 is 14.2 Å². The average molecular weight is 253 g/mol. The summed E-state index contributed by atoms with van der Waals surface area (Å²) in [5, 5.41) is 7.20. The van der Waals surface area contributed by atoms with Crippen LogP contribution in [0.5, 0.6) is 5.75 Å². The van der Waals surface area contributed by atoms with Gasteiger partial charge >= 0.3 is 0 Å². The minimum absolute atomic E-state index is 0.0481. The van der Waals surface area contributed by atoms with Gasteiger partial charge in [-0.15, -0.1) is 0 Å². The van der Waals surface area contributed by atoms with Crippen molar-refractivity contribution in [3.05, 3.63) is 24.0 Å². The molecule has 0 radical (unpaired) electrons. The summed E-state index contributed by atoms with van der Waals surface area (Å²) in [5.74, 6) is 0.616. The maximum atomic E-state index is 7.20. The number of amidine groups is 1. The molecule has 100 valence electrons. The van der Waals surface area contributed by atoms with Gasteiger partial charge in [-0.2, -0.15) is 0 Å². The lowest BCUT2D eigenvalue weighted by Gasteiger charge is -2.07. The van der Waals surface area contributed by atoms with E-state index in [1.807, 2.05) is 0 Å². The third-order valence-corrected chi connectivity index (χ3v) is 2.15. The molecule has 18 heavy (non-hydrogen) atoms. The standard InChI is InChI=1S/C12H19N3O3/c1-16-7-8-17-5-2-6-18-10-3-4-11(12(13)14)15-9-10/h3-4,9H,2,5-8H2,1H3,(H3,13,14). The molecular weight excluding hydrogens is 234 g/mol. The van der Waals surface area contributed by atoms with Gasteiger partial charge in [0.1, 0.15) is 17.3 Å².